The van der Waals surface area contributed by atoms with Gasteiger partial charge in [-0.3, -0.25) is 4.79 Å². The predicted molar refractivity (Wildman–Crippen MR) is 124 cm³/mol. The van der Waals surface area contributed by atoms with Crippen molar-refractivity contribution in [1.82, 2.24) is 10.2 Å². The molecule has 2 N–H and O–H groups in total. The third-order valence-electron chi connectivity index (χ3n) is 6.51. The molecule has 1 aliphatic carbocycles. The number of carbonyl (C=O) groups excluding carboxylic acids is 1. The van der Waals surface area contributed by atoms with E-state index < -0.39 is 11.5 Å². The molecule has 1 aliphatic heterocycles. The quantitative estimate of drug-likeness (QED) is 0.556. The van der Waals surface area contributed by atoms with E-state index in [-0.39, 0.29) is 30.3 Å². The average Bonchev–Trinajstić information content (AvgIpc) is 2.71. The lowest BCUT2D eigenvalue weighted by molar-refractivity contribution is -0.137. The zero-order valence-corrected chi connectivity index (χ0v) is 19.8. The van der Waals surface area contributed by atoms with Crippen molar-refractivity contribution < 1.29 is 14.7 Å². The van der Waals surface area contributed by atoms with Crippen molar-refractivity contribution in [3.8, 4) is 6.07 Å². The number of benzene rings is 1. The van der Waals surface area contributed by atoms with Gasteiger partial charge in [-0.2, -0.15) is 5.26 Å². The second-order valence-corrected chi connectivity index (χ2v) is 10.5. The van der Waals surface area contributed by atoms with Crippen molar-refractivity contribution in [3.05, 3.63) is 46.1 Å². The highest BCUT2D eigenvalue weighted by molar-refractivity contribution is 6.31. The number of aryl methyl sites for hydroxylation is 1. The molecule has 1 fully saturated rings. The van der Waals surface area contributed by atoms with E-state index in [1.54, 1.807) is 6.20 Å². The number of nitriles is 1. The fourth-order valence-corrected chi connectivity index (χ4v) is 4.98. The normalized spacial score (nSPS) is 23.1. The Hall–Kier alpha value is -2.52. The molecule has 7 heteroatoms. The Balaban J connectivity index is 1.99. The highest BCUT2D eigenvalue weighted by Crippen LogP contribution is 2.48. The minimum Gasteiger partial charge on any atom is -0.481 e. The zero-order chi connectivity index (χ0) is 23.5. The van der Waals surface area contributed by atoms with E-state index in [2.05, 4.69) is 32.2 Å². The number of hydrogen-bond acceptors (Lipinski definition) is 3. The summed E-state index contributed by atoms with van der Waals surface area (Å²) in [7, 11) is 0. The van der Waals surface area contributed by atoms with Gasteiger partial charge in [-0.1, -0.05) is 44.5 Å². The molecule has 0 bridgehead atoms. The number of aliphatic carboxylic acids is 1. The number of carboxylic acids is 1. The maximum absolute atomic E-state index is 12.9. The zero-order valence-electron chi connectivity index (χ0n) is 19.1. The van der Waals surface area contributed by atoms with Crippen LogP contribution >= 0.6 is 11.6 Å². The SMILES string of the molecule is CC(C)(C)CCc1ccc(C23CCCC(CC#N)C2=CN(CCC(=O)O)C(=O)N3)cc1Cl. The maximum atomic E-state index is 12.9. The number of fused-ring (bicyclic) bond motifs is 1. The largest absolute Gasteiger partial charge is 0.481 e. The minimum atomic E-state index is -0.956. The molecule has 32 heavy (non-hydrogen) atoms. The summed E-state index contributed by atoms with van der Waals surface area (Å²) < 4.78 is 0. The van der Waals surface area contributed by atoms with Gasteiger partial charge in [-0.25, -0.2) is 4.79 Å². The summed E-state index contributed by atoms with van der Waals surface area (Å²) >= 11 is 6.69. The third kappa shape index (κ3) is 5.27. The Morgan fingerprint density at radius 1 is 1.41 bits per heavy atom. The monoisotopic (exact) mass is 457 g/mol. The lowest BCUT2D eigenvalue weighted by Crippen LogP contribution is -2.58. The van der Waals surface area contributed by atoms with Gasteiger partial charge in [-0.05, 0) is 66.2 Å². The van der Waals surface area contributed by atoms with Crippen LogP contribution in [0.3, 0.4) is 0 Å². The lowest BCUT2D eigenvalue weighted by Gasteiger charge is -2.48. The van der Waals surface area contributed by atoms with Crippen molar-refractivity contribution in [2.45, 2.75) is 71.3 Å². The van der Waals surface area contributed by atoms with Gasteiger partial charge in [0.15, 0.2) is 0 Å². The van der Waals surface area contributed by atoms with Crippen LogP contribution in [0.15, 0.2) is 30.0 Å². The second kappa shape index (κ2) is 9.54. The molecule has 1 aromatic carbocycles. The Labute approximate surface area is 195 Å². The molecular weight excluding hydrogens is 426 g/mol. The summed E-state index contributed by atoms with van der Waals surface area (Å²) in [4.78, 5) is 25.4. The molecule has 2 unspecified atom stereocenters. The van der Waals surface area contributed by atoms with Gasteiger partial charge in [0.05, 0.1) is 18.0 Å². The summed E-state index contributed by atoms with van der Waals surface area (Å²) in [6.07, 6.45) is 6.35. The number of nitrogens with zero attached hydrogens (tertiary/aromatic N) is 2. The van der Waals surface area contributed by atoms with Crippen LogP contribution in [-0.4, -0.2) is 28.6 Å². The van der Waals surface area contributed by atoms with Crippen LogP contribution in [0.1, 0.15) is 70.4 Å². The maximum Gasteiger partial charge on any atom is 0.322 e. The van der Waals surface area contributed by atoms with E-state index in [4.69, 9.17) is 16.7 Å². The number of carbonyl (C=O) groups is 2. The van der Waals surface area contributed by atoms with Crippen molar-refractivity contribution in [3.63, 3.8) is 0 Å². The van der Waals surface area contributed by atoms with Crippen LogP contribution in [0.25, 0.3) is 0 Å². The van der Waals surface area contributed by atoms with Gasteiger partial charge < -0.3 is 15.3 Å². The smallest absolute Gasteiger partial charge is 0.322 e. The van der Waals surface area contributed by atoms with Crippen molar-refractivity contribution in [1.29, 1.82) is 5.26 Å². The number of nitrogens with one attached hydrogen (secondary N) is 1. The van der Waals surface area contributed by atoms with E-state index in [0.717, 1.165) is 48.8 Å². The molecule has 0 saturated heterocycles. The number of halogens is 1. The third-order valence-corrected chi connectivity index (χ3v) is 6.86. The Bertz CT molecular complexity index is 960. The summed E-state index contributed by atoms with van der Waals surface area (Å²) in [6.45, 7) is 6.70. The Morgan fingerprint density at radius 3 is 2.78 bits per heavy atom. The fraction of sp³-hybridized carbons (Fsp3) is 0.560. The number of hydrogen-bond donors (Lipinski definition) is 2. The first-order valence-electron chi connectivity index (χ1n) is 11.2. The van der Waals surface area contributed by atoms with Gasteiger partial charge in [0.25, 0.3) is 0 Å². The van der Waals surface area contributed by atoms with Gasteiger partial charge >= 0.3 is 12.0 Å². The topological polar surface area (TPSA) is 93.4 Å². The van der Waals surface area contributed by atoms with Crippen LogP contribution in [0.4, 0.5) is 4.79 Å². The van der Waals surface area contributed by atoms with Gasteiger partial charge in [0.2, 0.25) is 0 Å². The van der Waals surface area contributed by atoms with Crippen LogP contribution in [-0.2, 0) is 16.8 Å². The molecule has 0 radical (unpaired) electrons. The number of rotatable bonds is 7. The summed E-state index contributed by atoms with van der Waals surface area (Å²) in [5.74, 6) is -0.955. The first kappa shape index (κ1) is 24.1. The van der Waals surface area contributed by atoms with E-state index >= 15 is 0 Å². The molecule has 2 aliphatic rings. The van der Waals surface area contributed by atoms with Crippen LogP contribution in [0.5, 0.6) is 0 Å². The molecular formula is C25H32ClN3O3. The van der Waals surface area contributed by atoms with E-state index in [9.17, 15) is 14.9 Å². The highest BCUT2D eigenvalue weighted by Gasteiger charge is 2.47. The van der Waals surface area contributed by atoms with Crippen molar-refractivity contribution >= 4 is 23.6 Å². The predicted octanol–water partition coefficient (Wildman–Crippen LogP) is 5.61. The first-order valence-corrected chi connectivity index (χ1v) is 11.6. The Morgan fingerprint density at radius 2 is 2.16 bits per heavy atom. The standard InChI is InChI=1S/C25H32ClN3O3/c1-24(2,3)12-8-18-6-7-19(15-21(18)26)25-11-4-5-17(9-13-27)20(25)16-29(23(32)28-25)14-10-22(30)31/h6-7,15-17H,4-5,8-12,14H2,1-3H3,(H,28,32)(H,30,31). The fourth-order valence-electron chi connectivity index (χ4n) is 4.71. The minimum absolute atomic E-state index is 0.000945. The molecule has 3 rings (SSSR count). The average molecular weight is 458 g/mol. The lowest BCUT2D eigenvalue weighted by atomic mass is 9.66. The molecule has 0 aromatic heterocycles. The molecule has 1 heterocycles. The van der Waals surface area contributed by atoms with E-state index in [1.165, 1.54) is 4.90 Å². The number of amides is 2. The van der Waals surface area contributed by atoms with Crippen LogP contribution in [0, 0.1) is 22.7 Å². The number of carboxylic acid groups (broad SMARTS) is 1. The van der Waals surface area contributed by atoms with Gasteiger partial charge in [0, 0.05) is 24.2 Å². The molecule has 1 aromatic rings. The molecule has 172 valence electrons. The summed E-state index contributed by atoms with van der Waals surface area (Å²) in [6, 6.07) is 8.00. The van der Waals surface area contributed by atoms with Crippen molar-refractivity contribution in [2.75, 3.05) is 6.54 Å². The Kier molecular flexibility index (Phi) is 7.19. The van der Waals surface area contributed by atoms with E-state index in [0.29, 0.717) is 11.4 Å². The second-order valence-electron chi connectivity index (χ2n) is 10.1. The molecule has 2 atom stereocenters. The summed E-state index contributed by atoms with van der Waals surface area (Å²) in [5, 5.41) is 22.3. The van der Waals surface area contributed by atoms with Gasteiger partial charge in [0.1, 0.15) is 0 Å². The highest BCUT2D eigenvalue weighted by atomic mass is 35.5. The molecule has 1 saturated carbocycles. The number of urea groups is 1. The first-order chi connectivity index (χ1) is 15.1. The van der Waals surface area contributed by atoms with Crippen LogP contribution in [0.2, 0.25) is 5.02 Å². The molecule has 6 nitrogen and oxygen atoms in total. The van der Waals surface area contributed by atoms with Crippen LogP contribution < -0.4 is 5.32 Å². The summed E-state index contributed by atoms with van der Waals surface area (Å²) in [5.41, 5.74) is 2.46. The van der Waals surface area contributed by atoms with Gasteiger partial charge in [-0.15, -0.1) is 0 Å². The van der Waals surface area contributed by atoms with Crippen molar-refractivity contribution in [2.24, 2.45) is 11.3 Å². The molecule has 0 spiro atoms. The van der Waals surface area contributed by atoms with E-state index in [1.807, 2.05) is 18.2 Å². The molecule has 2 amide bonds.